The first-order chi connectivity index (χ1) is 5.75. The van der Waals surface area contributed by atoms with E-state index in [4.69, 9.17) is 0 Å². The van der Waals surface area contributed by atoms with Crippen LogP contribution >= 0.6 is 0 Å². The Bertz CT molecular complexity index is 240. The van der Waals surface area contributed by atoms with Gasteiger partial charge in [-0.25, -0.2) is 0 Å². The Balaban J connectivity index is 2.78. The molecule has 64 valence electrons. The topological polar surface area (TPSA) is 17.1 Å². The van der Waals surface area contributed by atoms with Gasteiger partial charge < -0.3 is 4.79 Å². The molecule has 0 aliphatic rings. The van der Waals surface area contributed by atoms with Crippen LogP contribution in [0.25, 0.3) is 0 Å². The lowest BCUT2D eigenvalue weighted by Crippen LogP contribution is -2.06. The second kappa shape index (κ2) is 4.05. The van der Waals surface area contributed by atoms with Crippen molar-refractivity contribution in [2.75, 3.05) is 0 Å². The highest BCUT2D eigenvalue weighted by atomic mass is 16.1. The smallest absolute Gasteiger partial charge is 0.123 e. The van der Waals surface area contributed by atoms with Crippen molar-refractivity contribution in [1.29, 1.82) is 0 Å². The maximum Gasteiger partial charge on any atom is 0.123 e. The van der Waals surface area contributed by atoms with E-state index in [1.165, 1.54) is 5.56 Å². The van der Waals surface area contributed by atoms with E-state index in [1.54, 1.807) is 0 Å². The molecule has 1 aromatic carbocycles. The molecule has 1 heteroatoms. The van der Waals surface area contributed by atoms with Crippen LogP contribution in [0.2, 0.25) is 0 Å². The molecule has 0 spiro atoms. The Hall–Kier alpha value is -1.11. The van der Waals surface area contributed by atoms with Crippen LogP contribution in [0.4, 0.5) is 0 Å². The van der Waals surface area contributed by atoms with Crippen LogP contribution < -0.4 is 0 Å². The molecule has 1 aromatic rings. The summed E-state index contributed by atoms with van der Waals surface area (Å²) in [5, 5.41) is 0. The van der Waals surface area contributed by atoms with E-state index in [-0.39, 0.29) is 5.92 Å². The monoisotopic (exact) mass is 162 g/mol. The van der Waals surface area contributed by atoms with Gasteiger partial charge in [-0.05, 0) is 11.5 Å². The molecule has 0 radical (unpaired) electrons. The minimum atomic E-state index is 0.104. The highest BCUT2D eigenvalue weighted by Gasteiger charge is 2.11. The van der Waals surface area contributed by atoms with Crippen LogP contribution in [-0.2, 0) is 4.79 Å². The summed E-state index contributed by atoms with van der Waals surface area (Å²) in [6.07, 6.45) is 1.01. The van der Waals surface area contributed by atoms with Crippen molar-refractivity contribution in [3.8, 4) is 0 Å². The van der Waals surface area contributed by atoms with Gasteiger partial charge in [0.25, 0.3) is 0 Å². The molecule has 2 atom stereocenters. The zero-order chi connectivity index (χ0) is 8.97. The fraction of sp³-hybridized carbons (Fsp3) is 0.364. The lowest BCUT2D eigenvalue weighted by Gasteiger charge is -2.13. The Labute approximate surface area is 73.4 Å². The number of hydrogen-bond acceptors (Lipinski definition) is 1. The normalized spacial score (nSPS) is 15.2. The number of hydrogen-bond donors (Lipinski definition) is 0. The fourth-order valence-electron chi connectivity index (χ4n) is 1.18. The predicted molar refractivity (Wildman–Crippen MR) is 50.1 cm³/mol. The van der Waals surface area contributed by atoms with Crippen LogP contribution in [0.1, 0.15) is 25.3 Å². The Morgan fingerprint density at radius 3 is 2.25 bits per heavy atom. The van der Waals surface area contributed by atoms with E-state index in [0.29, 0.717) is 5.92 Å². The molecule has 0 N–H and O–H groups in total. The van der Waals surface area contributed by atoms with E-state index in [0.717, 1.165) is 6.29 Å². The Morgan fingerprint density at radius 2 is 1.75 bits per heavy atom. The van der Waals surface area contributed by atoms with Gasteiger partial charge in [0, 0.05) is 5.92 Å². The van der Waals surface area contributed by atoms with Gasteiger partial charge in [0.15, 0.2) is 0 Å². The van der Waals surface area contributed by atoms with Crippen molar-refractivity contribution < 1.29 is 4.79 Å². The summed E-state index contributed by atoms with van der Waals surface area (Å²) in [4.78, 5) is 10.5. The minimum absolute atomic E-state index is 0.104. The fourth-order valence-corrected chi connectivity index (χ4v) is 1.18. The second-order valence-corrected chi connectivity index (χ2v) is 3.19. The average Bonchev–Trinajstić information content (AvgIpc) is 2.17. The van der Waals surface area contributed by atoms with Gasteiger partial charge in [0.1, 0.15) is 6.29 Å². The quantitative estimate of drug-likeness (QED) is 0.624. The van der Waals surface area contributed by atoms with Crippen molar-refractivity contribution in [3.63, 3.8) is 0 Å². The van der Waals surface area contributed by atoms with E-state index >= 15 is 0 Å². The van der Waals surface area contributed by atoms with Gasteiger partial charge in [-0.15, -0.1) is 0 Å². The van der Waals surface area contributed by atoms with Gasteiger partial charge in [0.2, 0.25) is 0 Å². The van der Waals surface area contributed by atoms with Gasteiger partial charge in [-0.2, -0.15) is 0 Å². The predicted octanol–water partition coefficient (Wildman–Crippen LogP) is 2.63. The highest BCUT2D eigenvalue weighted by molar-refractivity contribution is 5.55. The third-order valence-electron chi connectivity index (χ3n) is 2.33. The van der Waals surface area contributed by atoms with Crippen LogP contribution in [-0.4, -0.2) is 6.29 Å². The number of carbonyl (C=O) groups is 1. The molecule has 12 heavy (non-hydrogen) atoms. The van der Waals surface area contributed by atoms with E-state index < -0.39 is 0 Å². The molecule has 0 saturated carbocycles. The first-order valence-corrected chi connectivity index (χ1v) is 4.26. The number of aldehydes is 1. The summed E-state index contributed by atoms with van der Waals surface area (Å²) in [5.74, 6) is 0.427. The molecular formula is C11H14O. The molecule has 0 saturated heterocycles. The summed E-state index contributed by atoms with van der Waals surface area (Å²) in [7, 11) is 0. The Kier molecular flexibility index (Phi) is 3.03. The third kappa shape index (κ3) is 1.94. The van der Waals surface area contributed by atoms with Crippen molar-refractivity contribution in [2.45, 2.75) is 19.8 Å². The van der Waals surface area contributed by atoms with Crippen molar-refractivity contribution >= 4 is 6.29 Å². The molecule has 0 unspecified atom stereocenters. The number of benzene rings is 1. The standard InChI is InChI=1S/C11H14O/c1-9(8-12)10(2)11-6-4-3-5-7-11/h3-10H,1-2H3/t9-,10-/m0/s1. The Morgan fingerprint density at radius 1 is 1.17 bits per heavy atom. The zero-order valence-electron chi connectivity index (χ0n) is 7.53. The second-order valence-electron chi connectivity index (χ2n) is 3.19. The van der Waals surface area contributed by atoms with E-state index in [9.17, 15) is 4.79 Å². The summed E-state index contributed by atoms with van der Waals surface area (Å²) in [6, 6.07) is 10.1. The average molecular weight is 162 g/mol. The largest absolute Gasteiger partial charge is 0.303 e. The number of carbonyl (C=O) groups excluding carboxylic acids is 1. The lowest BCUT2D eigenvalue weighted by molar-refractivity contribution is -0.111. The number of rotatable bonds is 3. The van der Waals surface area contributed by atoms with E-state index in [2.05, 4.69) is 19.1 Å². The van der Waals surface area contributed by atoms with Crippen LogP contribution in [0, 0.1) is 5.92 Å². The molecule has 1 nitrogen and oxygen atoms in total. The third-order valence-corrected chi connectivity index (χ3v) is 2.33. The summed E-state index contributed by atoms with van der Waals surface area (Å²) in [5.41, 5.74) is 1.23. The first kappa shape index (κ1) is 8.98. The van der Waals surface area contributed by atoms with Crippen molar-refractivity contribution in [2.24, 2.45) is 5.92 Å². The molecular weight excluding hydrogens is 148 g/mol. The summed E-state index contributed by atoms with van der Waals surface area (Å²) >= 11 is 0. The van der Waals surface area contributed by atoms with E-state index in [1.807, 2.05) is 25.1 Å². The molecule has 0 heterocycles. The van der Waals surface area contributed by atoms with Crippen LogP contribution in [0.15, 0.2) is 30.3 Å². The van der Waals surface area contributed by atoms with Crippen molar-refractivity contribution in [3.05, 3.63) is 35.9 Å². The van der Waals surface area contributed by atoms with Crippen molar-refractivity contribution in [1.82, 2.24) is 0 Å². The molecule has 0 aromatic heterocycles. The molecule has 1 rings (SSSR count). The molecule has 0 aliphatic carbocycles. The lowest BCUT2D eigenvalue weighted by atomic mass is 9.90. The summed E-state index contributed by atoms with van der Waals surface area (Å²) < 4.78 is 0. The summed E-state index contributed by atoms with van der Waals surface area (Å²) in [6.45, 7) is 4.03. The zero-order valence-corrected chi connectivity index (χ0v) is 7.53. The molecule has 0 bridgehead atoms. The van der Waals surface area contributed by atoms with Gasteiger partial charge in [-0.3, -0.25) is 0 Å². The minimum Gasteiger partial charge on any atom is -0.303 e. The highest BCUT2D eigenvalue weighted by Crippen LogP contribution is 2.21. The van der Waals surface area contributed by atoms with Gasteiger partial charge in [-0.1, -0.05) is 44.2 Å². The maximum atomic E-state index is 10.5. The first-order valence-electron chi connectivity index (χ1n) is 4.26. The molecule has 0 aliphatic heterocycles. The SMILES string of the molecule is C[C@H](c1ccccc1)[C@@H](C)C=O. The molecule has 0 fully saturated rings. The maximum absolute atomic E-state index is 10.5. The van der Waals surface area contributed by atoms with Crippen LogP contribution in [0.5, 0.6) is 0 Å². The molecule has 0 amide bonds. The van der Waals surface area contributed by atoms with Gasteiger partial charge >= 0.3 is 0 Å². The van der Waals surface area contributed by atoms with Gasteiger partial charge in [0.05, 0.1) is 0 Å². The van der Waals surface area contributed by atoms with Crippen LogP contribution in [0.3, 0.4) is 0 Å².